The molecule has 0 saturated heterocycles. The predicted octanol–water partition coefficient (Wildman–Crippen LogP) is 2.37. The van der Waals surface area contributed by atoms with Crippen molar-refractivity contribution in [3.63, 3.8) is 0 Å². The SMILES string of the molecule is CCCCCS(=O)(=O)C(C)CNCCCC. The van der Waals surface area contributed by atoms with E-state index >= 15 is 0 Å². The van der Waals surface area contributed by atoms with Gasteiger partial charge in [0, 0.05) is 6.54 Å². The first-order valence-corrected chi connectivity index (χ1v) is 8.18. The molecule has 1 N–H and O–H groups in total. The van der Waals surface area contributed by atoms with Gasteiger partial charge in [-0.3, -0.25) is 0 Å². The van der Waals surface area contributed by atoms with Crippen LogP contribution in [0.15, 0.2) is 0 Å². The van der Waals surface area contributed by atoms with Gasteiger partial charge in [0.15, 0.2) is 9.84 Å². The Bertz CT molecular complexity index is 250. The van der Waals surface area contributed by atoms with E-state index in [0.717, 1.165) is 38.6 Å². The van der Waals surface area contributed by atoms with Crippen molar-refractivity contribution < 1.29 is 8.42 Å². The summed E-state index contributed by atoms with van der Waals surface area (Å²) in [6, 6.07) is 0. The van der Waals surface area contributed by atoms with Gasteiger partial charge >= 0.3 is 0 Å². The van der Waals surface area contributed by atoms with E-state index in [1.807, 2.05) is 0 Å². The molecule has 0 spiro atoms. The van der Waals surface area contributed by atoms with Crippen molar-refractivity contribution in [3.8, 4) is 0 Å². The average Bonchev–Trinajstić information content (AvgIpc) is 2.24. The van der Waals surface area contributed by atoms with E-state index in [4.69, 9.17) is 0 Å². The normalized spacial score (nSPS) is 13.9. The molecule has 0 fully saturated rings. The lowest BCUT2D eigenvalue weighted by Crippen LogP contribution is -2.33. The van der Waals surface area contributed by atoms with Crippen LogP contribution in [0.1, 0.15) is 52.9 Å². The molecule has 3 nitrogen and oxygen atoms in total. The Morgan fingerprint density at radius 1 is 1.06 bits per heavy atom. The van der Waals surface area contributed by atoms with Crippen LogP contribution < -0.4 is 5.32 Å². The molecule has 0 bridgehead atoms. The Hall–Kier alpha value is -0.0900. The van der Waals surface area contributed by atoms with Crippen LogP contribution in [-0.2, 0) is 9.84 Å². The zero-order valence-electron chi connectivity index (χ0n) is 11.0. The van der Waals surface area contributed by atoms with Crippen LogP contribution in [-0.4, -0.2) is 32.5 Å². The second kappa shape index (κ2) is 8.99. The molecule has 0 saturated carbocycles. The third-order valence-corrected chi connectivity index (χ3v) is 5.03. The smallest absolute Gasteiger partial charge is 0.154 e. The summed E-state index contributed by atoms with van der Waals surface area (Å²) >= 11 is 0. The first-order chi connectivity index (χ1) is 7.54. The second-order valence-corrected chi connectivity index (χ2v) is 6.98. The first kappa shape index (κ1) is 15.9. The van der Waals surface area contributed by atoms with Crippen molar-refractivity contribution in [3.05, 3.63) is 0 Å². The lowest BCUT2D eigenvalue weighted by molar-refractivity contribution is 0.563. The van der Waals surface area contributed by atoms with E-state index < -0.39 is 9.84 Å². The van der Waals surface area contributed by atoms with E-state index in [1.54, 1.807) is 6.92 Å². The van der Waals surface area contributed by atoms with Gasteiger partial charge in [0.1, 0.15) is 0 Å². The topological polar surface area (TPSA) is 46.2 Å². The maximum absolute atomic E-state index is 11.8. The molecule has 4 heteroatoms. The van der Waals surface area contributed by atoms with Gasteiger partial charge in [0.25, 0.3) is 0 Å². The Kier molecular flexibility index (Phi) is 8.94. The summed E-state index contributed by atoms with van der Waals surface area (Å²) in [6.07, 6.45) is 5.14. The fourth-order valence-corrected chi connectivity index (χ4v) is 2.87. The fourth-order valence-electron chi connectivity index (χ4n) is 1.49. The highest BCUT2D eigenvalue weighted by molar-refractivity contribution is 7.92. The molecule has 0 aromatic rings. The Morgan fingerprint density at radius 2 is 1.69 bits per heavy atom. The molecule has 0 aliphatic rings. The van der Waals surface area contributed by atoms with Gasteiger partial charge in [-0.1, -0.05) is 33.1 Å². The maximum atomic E-state index is 11.8. The summed E-state index contributed by atoms with van der Waals surface area (Å²) in [5.41, 5.74) is 0. The van der Waals surface area contributed by atoms with Gasteiger partial charge in [0.05, 0.1) is 11.0 Å². The Labute approximate surface area is 101 Å². The molecule has 98 valence electrons. The molecule has 0 radical (unpaired) electrons. The molecule has 1 atom stereocenters. The van der Waals surface area contributed by atoms with Crippen LogP contribution in [0.4, 0.5) is 0 Å². The molecule has 0 aliphatic heterocycles. The minimum Gasteiger partial charge on any atom is -0.315 e. The van der Waals surface area contributed by atoms with Crippen molar-refractivity contribution in [2.45, 2.75) is 58.1 Å². The number of unbranched alkanes of at least 4 members (excludes halogenated alkanes) is 3. The Balaban J connectivity index is 3.81. The second-order valence-electron chi connectivity index (χ2n) is 4.44. The molecular weight excluding hydrogens is 222 g/mol. The first-order valence-electron chi connectivity index (χ1n) is 6.46. The summed E-state index contributed by atoms with van der Waals surface area (Å²) in [4.78, 5) is 0. The standard InChI is InChI=1S/C12H27NO2S/c1-4-6-8-10-16(14,15)12(3)11-13-9-7-5-2/h12-13H,4-11H2,1-3H3. The molecule has 1 unspecified atom stereocenters. The van der Waals surface area contributed by atoms with Crippen LogP contribution in [0, 0.1) is 0 Å². The minimum absolute atomic E-state index is 0.249. The monoisotopic (exact) mass is 249 g/mol. The molecule has 0 aliphatic carbocycles. The van der Waals surface area contributed by atoms with Crippen LogP contribution in [0.3, 0.4) is 0 Å². The predicted molar refractivity (Wildman–Crippen MR) is 70.6 cm³/mol. The quantitative estimate of drug-likeness (QED) is 0.605. The van der Waals surface area contributed by atoms with Crippen molar-refractivity contribution >= 4 is 9.84 Å². The number of hydrogen-bond acceptors (Lipinski definition) is 3. The highest BCUT2D eigenvalue weighted by Gasteiger charge is 2.19. The summed E-state index contributed by atoms with van der Waals surface area (Å²) in [5, 5.41) is 2.95. The zero-order chi connectivity index (χ0) is 12.4. The summed E-state index contributed by atoms with van der Waals surface area (Å²) in [5.74, 6) is 0.345. The van der Waals surface area contributed by atoms with E-state index in [-0.39, 0.29) is 5.25 Å². The van der Waals surface area contributed by atoms with Gasteiger partial charge in [-0.05, 0) is 26.3 Å². The fraction of sp³-hybridized carbons (Fsp3) is 1.00. The van der Waals surface area contributed by atoms with Gasteiger partial charge in [0.2, 0.25) is 0 Å². The third kappa shape index (κ3) is 7.23. The van der Waals surface area contributed by atoms with Crippen LogP contribution in [0.2, 0.25) is 0 Å². The van der Waals surface area contributed by atoms with Crippen LogP contribution in [0.25, 0.3) is 0 Å². The van der Waals surface area contributed by atoms with Crippen LogP contribution >= 0.6 is 0 Å². The molecular formula is C12H27NO2S. The third-order valence-electron chi connectivity index (χ3n) is 2.78. The number of rotatable bonds is 10. The van der Waals surface area contributed by atoms with E-state index in [1.165, 1.54) is 0 Å². The Morgan fingerprint density at radius 3 is 2.25 bits per heavy atom. The molecule has 0 aromatic carbocycles. The molecule has 0 amide bonds. The highest BCUT2D eigenvalue weighted by Crippen LogP contribution is 2.06. The summed E-state index contributed by atoms with van der Waals surface area (Å²) in [6.45, 7) is 7.54. The lowest BCUT2D eigenvalue weighted by atomic mass is 10.3. The summed E-state index contributed by atoms with van der Waals surface area (Å²) < 4.78 is 23.7. The molecule has 16 heavy (non-hydrogen) atoms. The van der Waals surface area contributed by atoms with E-state index in [9.17, 15) is 8.42 Å². The number of hydrogen-bond donors (Lipinski definition) is 1. The van der Waals surface area contributed by atoms with Crippen molar-refractivity contribution in [1.29, 1.82) is 0 Å². The van der Waals surface area contributed by atoms with Gasteiger partial charge in [-0.2, -0.15) is 0 Å². The van der Waals surface area contributed by atoms with E-state index in [2.05, 4.69) is 19.2 Å². The minimum atomic E-state index is -2.88. The number of sulfone groups is 1. The van der Waals surface area contributed by atoms with Gasteiger partial charge in [-0.25, -0.2) is 8.42 Å². The summed E-state index contributed by atoms with van der Waals surface area (Å²) in [7, 11) is -2.88. The molecule has 0 rings (SSSR count). The van der Waals surface area contributed by atoms with Crippen molar-refractivity contribution in [2.75, 3.05) is 18.8 Å². The lowest BCUT2D eigenvalue weighted by Gasteiger charge is -2.13. The highest BCUT2D eigenvalue weighted by atomic mass is 32.2. The maximum Gasteiger partial charge on any atom is 0.154 e. The molecule has 0 aromatic heterocycles. The van der Waals surface area contributed by atoms with Gasteiger partial charge < -0.3 is 5.32 Å². The van der Waals surface area contributed by atoms with Crippen molar-refractivity contribution in [1.82, 2.24) is 5.32 Å². The average molecular weight is 249 g/mol. The zero-order valence-corrected chi connectivity index (χ0v) is 11.8. The van der Waals surface area contributed by atoms with E-state index in [0.29, 0.717) is 12.3 Å². The van der Waals surface area contributed by atoms with Gasteiger partial charge in [-0.15, -0.1) is 0 Å². The largest absolute Gasteiger partial charge is 0.315 e. The number of nitrogens with one attached hydrogen (secondary N) is 1. The molecule has 0 heterocycles. The van der Waals surface area contributed by atoms with Crippen molar-refractivity contribution in [2.24, 2.45) is 0 Å². The van der Waals surface area contributed by atoms with Crippen LogP contribution in [0.5, 0.6) is 0 Å².